The summed E-state index contributed by atoms with van der Waals surface area (Å²) in [6.07, 6.45) is 4.15. The summed E-state index contributed by atoms with van der Waals surface area (Å²) in [5.41, 5.74) is 7.97. The van der Waals surface area contributed by atoms with Gasteiger partial charge in [-0.05, 0) is 120 Å². The maximum Gasteiger partial charge on any atom is 0.303 e. The van der Waals surface area contributed by atoms with Gasteiger partial charge in [-0.25, -0.2) is 8.42 Å². The minimum Gasteiger partial charge on any atom is -0.494 e. The van der Waals surface area contributed by atoms with Crippen LogP contribution in [0.25, 0.3) is 11.1 Å². The first kappa shape index (κ1) is 27.3. The first-order valence-corrected chi connectivity index (χ1v) is 15.6. The van der Waals surface area contributed by atoms with Crippen molar-refractivity contribution < 1.29 is 27.8 Å². The van der Waals surface area contributed by atoms with E-state index in [0.29, 0.717) is 31.5 Å². The molecule has 1 fully saturated rings. The minimum absolute atomic E-state index is 0.121. The predicted molar refractivity (Wildman–Crippen MR) is 152 cm³/mol. The van der Waals surface area contributed by atoms with Crippen LogP contribution in [0.2, 0.25) is 0 Å². The molecule has 0 heterocycles. The molecule has 3 atom stereocenters. The highest BCUT2D eigenvalue weighted by Gasteiger charge is 2.46. The zero-order valence-electron chi connectivity index (χ0n) is 22.8. The van der Waals surface area contributed by atoms with Gasteiger partial charge in [0.05, 0.1) is 18.8 Å². The predicted octanol–water partition coefficient (Wildman–Crippen LogP) is 6.43. The zero-order valence-corrected chi connectivity index (χ0v) is 23.6. The average molecular weight is 549 g/mol. The standard InChI is InChI=1S/C32H36O6S/c1-20-14-25(37-12-5-13-39(3,35)36)15-21(2)32(20)23-7-4-6-22(16-23)19-38-24-8-9-28-29(17-24)26-10-11-27(26)30(28)18-31(33)34/h4,6-9,14-17,26-27,30H,5,10-13,18-19H2,1-3H3,(H,33,34)/t26-,27+,30+/m1/s1. The van der Waals surface area contributed by atoms with E-state index in [1.807, 2.05) is 24.3 Å². The number of fused-ring (bicyclic) bond motifs is 3. The second kappa shape index (κ2) is 11.0. The van der Waals surface area contributed by atoms with Gasteiger partial charge in [0.2, 0.25) is 0 Å². The normalized spacial score (nSPS) is 19.6. The molecule has 5 rings (SSSR count). The molecule has 0 aliphatic heterocycles. The lowest BCUT2D eigenvalue weighted by Crippen LogP contribution is -2.23. The molecule has 206 valence electrons. The zero-order chi connectivity index (χ0) is 27.7. The lowest BCUT2D eigenvalue weighted by molar-refractivity contribution is -0.137. The van der Waals surface area contributed by atoms with Gasteiger partial charge < -0.3 is 14.6 Å². The quantitative estimate of drug-likeness (QED) is 0.278. The summed E-state index contributed by atoms with van der Waals surface area (Å²) in [5.74, 6) is 2.01. The average Bonchev–Trinajstić information content (AvgIpc) is 3.03. The summed E-state index contributed by atoms with van der Waals surface area (Å²) in [4.78, 5) is 11.4. The van der Waals surface area contributed by atoms with Gasteiger partial charge in [0.15, 0.2) is 0 Å². The van der Waals surface area contributed by atoms with Crippen molar-refractivity contribution in [3.8, 4) is 22.6 Å². The van der Waals surface area contributed by atoms with E-state index < -0.39 is 15.8 Å². The van der Waals surface area contributed by atoms with Crippen LogP contribution in [0.1, 0.15) is 65.3 Å². The highest BCUT2D eigenvalue weighted by atomic mass is 32.2. The summed E-state index contributed by atoms with van der Waals surface area (Å²) in [5, 5.41) is 9.36. The van der Waals surface area contributed by atoms with Gasteiger partial charge >= 0.3 is 5.97 Å². The monoisotopic (exact) mass is 548 g/mol. The van der Waals surface area contributed by atoms with Crippen LogP contribution in [-0.4, -0.2) is 38.1 Å². The Balaban J connectivity index is 1.26. The van der Waals surface area contributed by atoms with E-state index in [4.69, 9.17) is 9.47 Å². The van der Waals surface area contributed by atoms with Gasteiger partial charge in [-0.2, -0.15) is 0 Å². The van der Waals surface area contributed by atoms with Crippen molar-refractivity contribution in [1.82, 2.24) is 0 Å². The Labute approximate surface area is 230 Å². The highest BCUT2D eigenvalue weighted by Crippen LogP contribution is 2.59. The molecule has 6 nitrogen and oxygen atoms in total. The van der Waals surface area contributed by atoms with Gasteiger partial charge in [0.1, 0.15) is 27.9 Å². The number of hydrogen-bond acceptors (Lipinski definition) is 5. The Bertz CT molecular complexity index is 1470. The molecule has 0 amide bonds. The third-order valence-corrected chi connectivity index (χ3v) is 9.18. The molecular formula is C32H36O6S. The van der Waals surface area contributed by atoms with Crippen molar-refractivity contribution in [2.75, 3.05) is 18.6 Å². The van der Waals surface area contributed by atoms with Gasteiger partial charge in [0.25, 0.3) is 0 Å². The molecule has 0 aromatic heterocycles. The van der Waals surface area contributed by atoms with E-state index in [-0.39, 0.29) is 18.1 Å². The molecule has 1 N–H and O–H groups in total. The SMILES string of the molecule is Cc1cc(OCCCS(C)(=O)=O)cc(C)c1-c1cccc(COc2ccc3c(c2)[C@@H]2CC[C@@H]2[C@@H]3CC(=O)O)c1. The molecule has 0 saturated heterocycles. The molecule has 0 spiro atoms. The van der Waals surface area contributed by atoms with Crippen molar-refractivity contribution in [1.29, 1.82) is 0 Å². The third kappa shape index (κ3) is 6.14. The van der Waals surface area contributed by atoms with E-state index in [0.717, 1.165) is 52.2 Å². The Morgan fingerprint density at radius 3 is 2.38 bits per heavy atom. The van der Waals surface area contributed by atoms with Crippen LogP contribution < -0.4 is 9.47 Å². The van der Waals surface area contributed by atoms with Crippen LogP contribution in [-0.2, 0) is 21.2 Å². The molecule has 0 bridgehead atoms. The second-order valence-electron chi connectivity index (χ2n) is 11.1. The minimum atomic E-state index is -2.99. The van der Waals surface area contributed by atoms with Gasteiger partial charge in [-0.3, -0.25) is 4.79 Å². The maximum absolute atomic E-state index is 11.4. The third-order valence-electron chi connectivity index (χ3n) is 8.15. The Morgan fingerprint density at radius 2 is 1.72 bits per heavy atom. The fourth-order valence-electron chi connectivity index (χ4n) is 6.33. The van der Waals surface area contributed by atoms with E-state index >= 15 is 0 Å². The first-order chi connectivity index (χ1) is 18.6. The van der Waals surface area contributed by atoms with Crippen molar-refractivity contribution in [2.45, 2.75) is 58.0 Å². The molecule has 0 unspecified atom stereocenters. The number of carboxylic acid groups (broad SMARTS) is 1. The lowest BCUT2D eigenvalue weighted by Gasteiger charge is -2.34. The number of carboxylic acids is 1. The molecule has 2 aliphatic carbocycles. The molecule has 3 aromatic carbocycles. The van der Waals surface area contributed by atoms with Gasteiger partial charge in [0, 0.05) is 6.26 Å². The van der Waals surface area contributed by atoms with Gasteiger partial charge in [-0.15, -0.1) is 0 Å². The van der Waals surface area contributed by atoms with Crippen LogP contribution >= 0.6 is 0 Å². The van der Waals surface area contributed by atoms with E-state index in [2.05, 4.69) is 44.2 Å². The topological polar surface area (TPSA) is 89.9 Å². The molecule has 7 heteroatoms. The number of benzene rings is 3. The van der Waals surface area contributed by atoms with Crippen molar-refractivity contribution >= 4 is 15.8 Å². The van der Waals surface area contributed by atoms with Crippen molar-refractivity contribution in [3.05, 3.63) is 82.4 Å². The second-order valence-corrected chi connectivity index (χ2v) is 13.4. The number of aliphatic carboxylic acids is 1. The van der Waals surface area contributed by atoms with E-state index in [1.165, 1.54) is 17.4 Å². The fraction of sp³-hybridized carbons (Fsp3) is 0.406. The largest absolute Gasteiger partial charge is 0.494 e. The summed E-state index contributed by atoms with van der Waals surface area (Å²) in [6, 6.07) is 18.5. The van der Waals surface area contributed by atoms with Crippen LogP contribution in [0.4, 0.5) is 0 Å². The summed E-state index contributed by atoms with van der Waals surface area (Å²) < 4.78 is 34.7. The Kier molecular flexibility index (Phi) is 7.72. The highest BCUT2D eigenvalue weighted by molar-refractivity contribution is 7.90. The molecular weight excluding hydrogens is 512 g/mol. The summed E-state index contributed by atoms with van der Waals surface area (Å²) in [6.45, 7) is 4.93. The number of ether oxygens (including phenoxy) is 2. The van der Waals surface area contributed by atoms with Crippen LogP contribution in [0.3, 0.4) is 0 Å². The van der Waals surface area contributed by atoms with E-state index in [9.17, 15) is 18.3 Å². The van der Waals surface area contributed by atoms with Crippen LogP contribution in [0, 0.1) is 19.8 Å². The van der Waals surface area contributed by atoms with Crippen LogP contribution in [0.5, 0.6) is 11.5 Å². The number of rotatable bonds is 11. The summed E-state index contributed by atoms with van der Waals surface area (Å²) >= 11 is 0. The molecule has 2 aliphatic rings. The number of hydrogen-bond donors (Lipinski definition) is 1. The first-order valence-electron chi connectivity index (χ1n) is 13.6. The number of sulfone groups is 1. The number of aryl methyl sites for hydroxylation is 2. The molecule has 39 heavy (non-hydrogen) atoms. The number of carbonyl (C=O) groups is 1. The van der Waals surface area contributed by atoms with Crippen LogP contribution in [0.15, 0.2) is 54.6 Å². The Morgan fingerprint density at radius 1 is 0.949 bits per heavy atom. The molecule has 0 radical (unpaired) electrons. The smallest absolute Gasteiger partial charge is 0.303 e. The summed E-state index contributed by atoms with van der Waals surface area (Å²) in [7, 11) is -2.99. The Hall–Kier alpha value is -3.32. The van der Waals surface area contributed by atoms with Crippen molar-refractivity contribution in [2.24, 2.45) is 5.92 Å². The molecule has 1 saturated carbocycles. The van der Waals surface area contributed by atoms with E-state index in [1.54, 1.807) is 0 Å². The molecule has 3 aromatic rings. The maximum atomic E-state index is 11.4. The van der Waals surface area contributed by atoms with Gasteiger partial charge in [-0.1, -0.05) is 24.3 Å². The lowest BCUT2D eigenvalue weighted by atomic mass is 9.70. The van der Waals surface area contributed by atoms with Crippen molar-refractivity contribution in [3.63, 3.8) is 0 Å². The fourth-order valence-corrected chi connectivity index (χ4v) is 6.97.